The van der Waals surface area contributed by atoms with Crippen molar-refractivity contribution in [2.75, 3.05) is 18.5 Å². The second kappa shape index (κ2) is 10.9. The van der Waals surface area contributed by atoms with Gasteiger partial charge in [0.1, 0.15) is 11.5 Å². The maximum absolute atomic E-state index is 12.1. The van der Waals surface area contributed by atoms with E-state index in [1.165, 1.54) is 32.1 Å². The summed E-state index contributed by atoms with van der Waals surface area (Å²) in [5.41, 5.74) is 0.725. The number of ether oxygens (including phenoxy) is 2. The Kier molecular flexibility index (Phi) is 8.22. The maximum atomic E-state index is 12.1. The quantitative estimate of drug-likeness (QED) is 0.436. The fraction of sp³-hybridized carbons (Fsp3) is 0.409. The molecule has 1 fully saturated rings. The molecule has 2 aromatic carbocycles. The topological polar surface area (TPSA) is 47.6 Å². The van der Waals surface area contributed by atoms with Crippen LogP contribution in [-0.2, 0) is 4.79 Å². The molecule has 28 heavy (non-hydrogen) atoms. The van der Waals surface area contributed by atoms with Gasteiger partial charge >= 0.3 is 0 Å². The van der Waals surface area contributed by atoms with Crippen LogP contribution >= 0.6 is 31.9 Å². The Bertz CT molecular complexity index is 774. The molecule has 0 heterocycles. The zero-order valence-corrected chi connectivity index (χ0v) is 18.9. The van der Waals surface area contributed by atoms with Gasteiger partial charge in [-0.1, -0.05) is 48.0 Å². The molecule has 0 radical (unpaired) electrons. The number of halogens is 2. The van der Waals surface area contributed by atoms with E-state index in [2.05, 4.69) is 37.2 Å². The normalized spacial score (nSPS) is 14.5. The lowest BCUT2D eigenvalue weighted by atomic mass is 9.87. The third-order valence-corrected chi connectivity index (χ3v) is 6.02. The van der Waals surface area contributed by atoms with Crippen LogP contribution < -0.4 is 14.8 Å². The van der Waals surface area contributed by atoms with Gasteiger partial charge in [0, 0.05) is 10.2 Å². The van der Waals surface area contributed by atoms with E-state index >= 15 is 0 Å². The van der Waals surface area contributed by atoms with Crippen molar-refractivity contribution in [3.63, 3.8) is 0 Å². The van der Waals surface area contributed by atoms with Gasteiger partial charge in [0.05, 0.1) is 11.1 Å². The third kappa shape index (κ3) is 6.82. The lowest BCUT2D eigenvalue weighted by Gasteiger charge is -2.21. The van der Waals surface area contributed by atoms with E-state index in [1.54, 1.807) is 6.07 Å². The summed E-state index contributed by atoms with van der Waals surface area (Å²) in [6, 6.07) is 13.0. The molecule has 3 rings (SSSR count). The Labute approximate surface area is 183 Å². The second-order valence-corrected chi connectivity index (χ2v) is 8.85. The van der Waals surface area contributed by atoms with Crippen molar-refractivity contribution >= 4 is 43.5 Å². The summed E-state index contributed by atoms with van der Waals surface area (Å²) in [5, 5.41) is 2.83. The molecular formula is C22H25Br2NO3. The first-order valence-corrected chi connectivity index (χ1v) is 11.3. The van der Waals surface area contributed by atoms with Gasteiger partial charge in [-0.3, -0.25) is 4.79 Å². The van der Waals surface area contributed by atoms with E-state index in [4.69, 9.17) is 9.47 Å². The average Bonchev–Trinajstić information content (AvgIpc) is 2.69. The van der Waals surface area contributed by atoms with Crippen LogP contribution in [0.4, 0.5) is 5.69 Å². The van der Waals surface area contributed by atoms with Crippen molar-refractivity contribution in [1.82, 2.24) is 0 Å². The number of carbonyl (C=O) groups excluding carboxylic acids is 1. The highest BCUT2D eigenvalue weighted by molar-refractivity contribution is 9.11. The van der Waals surface area contributed by atoms with Crippen molar-refractivity contribution in [2.45, 2.75) is 38.5 Å². The molecule has 6 heteroatoms. The maximum Gasteiger partial charge on any atom is 0.262 e. The summed E-state index contributed by atoms with van der Waals surface area (Å²) in [4.78, 5) is 12.1. The van der Waals surface area contributed by atoms with Crippen LogP contribution in [0.5, 0.6) is 11.5 Å². The van der Waals surface area contributed by atoms with Gasteiger partial charge in [-0.05, 0) is 70.7 Å². The Morgan fingerprint density at radius 1 is 1.00 bits per heavy atom. The van der Waals surface area contributed by atoms with Crippen LogP contribution in [0.15, 0.2) is 51.4 Å². The van der Waals surface area contributed by atoms with Crippen molar-refractivity contribution in [3.8, 4) is 11.5 Å². The highest BCUT2D eigenvalue weighted by Crippen LogP contribution is 2.28. The second-order valence-electron chi connectivity index (χ2n) is 7.08. The van der Waals surface area contributed by atoms with E-state index < -0.39 is 0 Å². The first kappa shape index (κ1) is 21.2. The summed E-state index contributed by atoms with van der Waals surface area (Å²) in [5.74, 6) is 2.07. The Morgan fingerprint density at radius 3 is 2.46 bits per heavy atom. The van der Waals surface area contributed by atoms with Crippen molar-refractivity contribution < 1.29 is 14.3 Å². The smallest absolute Gasteiger partial charge is 0.262 e. The van der Waals surface area contributed by atoms with E-state index in [0.717, 1.165) is 39.3 Å². The standard InChI is InChI=1S/C22H25Br2NO3/c23-17-6-11-21(20(24)14-17)28-15-22(26)25-18-7-9-19(10-8-18)27-13-12-16-4-2-1-3-5-16/h6-11,14,16H,1-5,12-13,15H2,(H,25,26). The van der Waals surface area contributed by atoms with Crippen molar-refractivity contribution in [1.29, 1.82) is 0 Å². The van der Waals surface area contributed by atoms with Crippen LogP contribution in [0, 0.1) is 5.92 Å². The molecule has 2 aromatic rings. The Hall–Kier alpha value is -1.53. The fourth-order valence-corrected chi connectivity index (χ4v) is 4.55. The first-order valence-electron chi connectivity index (χ1n) is 9.71. The lowest BCUT2D eigenvalue weighted by Crippen LogP contribution is -2.20. The fourth-order valence-electron chi connectivity index (χ4n) is 3.39. The van der Waals surface area contributed by atoms with Crippen LogP contribution in [0.2, 0.25) is 0 Å². The number of hydrogen-bond donors (Lipinski definition) is 1. The van der Waals surface area contributed by atoms with Crippen molar-refractivity contribution in [2.24, 2.45) is 5.92 Å². The van der Waals surface area contributed by atoms with Crippen LogP contribution in [0.25, 0.3) is 0 Å². The van der Waals surface area contributed by atoms with E-state index in [1.807, 2.05) is 36.4 Å². The minimum atomic E-state index is -0.208. The van der Waals surface area contributed by atoms with Gasteiger partial charge < -0.3 is 14.8 Å². The number of hydrogen-bond acceptors (Lipinski definition) is 3. The van der Waals surface area contributed by atoms with Crippen molar-refractivity contribution in [3.05, 3.63) is 51.4 Å². The summed E-state index contributed by atoms with van der Waals surface area (Å²) < 4.78 is 13.1. The van der Waals surface area contributed by atoms with Gasteiger partial charge in [-0.2, -0.15) is 0 Å². The number of benzene rings is 2. The highest BCUT2D eigenvalue weighted by Gasteiger charge is 2.13. The van der Waals surface area contributed by atoms with Gasteiger partial charge in [-0.25, -0.2) is 0 Å². The molecule has 0 unspecified atom stereocenters. The summed E-state index contributed by atoms with van der Waals surface area (Å²) in [6.07, 6.45) is 7.92. The molecular weight excluding hydrogens is 486 g/mol. The molecule has 0 spiro atoms. The average molecular weight is 511 g/mol. The molecule has 0 aliphatic heterocycles. The molecule has 4 nitrogen and oxygen atoms in total. The van der Waals surface area contributed by atoms with Gasteiger partial charge in [0.15, 0.2) is 6.61 Å². The van der Waals surface area contributed by atoms with E-state index in [9.17, 15) is 4.79 Å². The number of anilines is 1. The predicted molar refractivity (Wildman–Crippen MR) is 119 cm³/mol. The summed E-state index contributed by atoms with van der Waals surface area (Å²) in [7, 11) is 0. The summed E-state index contributed by atoms with van der Waals surface area (Å²) >= 11 is 6.80. The number of rotatable bonds is 8. The number of amides is 1. The highest BCUT2D eigenvalue weighted by atomic mass is 79.9. The minimum absolute atomic E-state index is 0.0557. The molecule has 0 atom stereocenters. The van der Waals surface area contributed by atoms with Gasteiger partial charge in [0.2, 0.25) is 0 Å². The molecule has 1 saturated carbocycles. The number of nitrogens with one attached hydrogen (secondary N) is 1. The molecule has 150 valence electrons. The van der Waals surface area contributed by atoms with E-state index in [-0.39, 0.29) is 12.5 Å². The van der Waals surface area contributed by atoms with Crippen LogP contribution in [0.3, 0.4) is 0 Å². The summed E-state index contributed by atoms with van der Waals surface area (Å²) in [6.45, 7) is 0.701. The molecule has 1 aliphatic carbocycles. The first-order chi connectivity index (χ1) is 13.6. The zero-order valence-electron chi connectivity index (χ0n) is 15.8. The Balaban J connectivity index is 1.39. The van der Waals surface area contributed by atoms with Gasteiger partial charge in [-0.15, -0.1) is 0 Å². The minimum Gasteiger partial charge on any atom is -0.494 e. The van der Waals surface area contributed by atoms with Crippen LogP contribution in [0.1, 0.15) is 38.5 Å². The zero-order chi connectivity index (χ0) is 19.8. The molecule has 1 aliphatic rings. The molecule has 0 aromatic heterocycles. The Morgan fingerprint density at radius 2 is 1.75 bits per heavy atom. The molecule has 0 saturated heterocycles. The van der Waals surface area contributed by atoms with Crippen LogP contribution in [-0.4, -0.2) is 19.1 Å². The largest absolute Gasteiger partial charge is 0.494 e. The van der Waals surface area contributed by atoms with E-state index in [0.29, 0.717) is 5.75 Å². The lowest BCUT2D eigenvalue weighted by molar-refractivity contribution is -0.118. The monoisotopic (exact) mass is 509 g/mol. The van der Waals surface area contributed by atoms with Gasteiger partial charge in [0.25, 0.3) is 5.91 Å². The molecule has 1 N–H and O–H groups in total. The predicted octanol–water partition coefficient (Wildman–Crippen LogP) is 6.58. The molecule has 0 bridgehead atoms. The SMILES string of the molecule is O=C(COc1ccc(Br)cc1Br)Nc1ccc(OCCC2CCCCC2)cc1. The molecule has 1 amide bonds. The third-order valence-electron chi connectivity index (χ3n) is 4.91. The number of carbonyl (C=O) groups is 1.